The van der Waals surface area contributed by atoms with E-state index in [1.54, 1.807) is 0 Å². The van der Waals surface area contributed by atoms with Gasteiger partial charge in [-0.25, -0.2) is 0 Å². The summed E-state index contributed by atoms with van der Waals surface area (Å²) in [5.74, 6) is 0.182. The van der Waals surface area contributed by atoms with Gasteiger partial charge in [-0.05, 0) is 16.3 Å². The lowest BCUT2D eigenvalue weighted by Crippen LogP contribution is -2.23. The Bertz CT molecular complexity index is 505. The highest BCUT2D eigenvalue weighted by molar-refractivity contribution is 7.81. The topological polar surface area (TPSA) is 29.1 Å². The number of benzene rings is 2. The van der Waals surface area contributed by atoms with Crippen molar-refractivity contribution in [3.05, 3.63) is 48.0 Å². The molecule has 2 nitrogen and oxygen atoms in total. The van der Waals surface area contributed by atoms with Gasteiger partial charge in [0.25, 0.3) is 0 Å². The van der Waals surface area contributed by atoms with Crippen LogP contribution >= 0.6 is 12.6 Å². The van der Waals surface area contributed by atoms with Crippen molar-refractivity contribution < 1.29 is 4.79 Å². The molecule has 16 heavy (non-hydrogen) atoms. The number of hydrogen-bond acceptors (Lipinski definition) is 2. The molecule has 0 aliphatic heterocycles. The lowest BCUT2D eigenvalue weighted by molar-refractivity contribution is -0.118. The summed E-state index contributed by atoms with van der Waals surface area (Å²) >= 11 is 3.92. The maximum atomic E-state index is 11.1. The second-order valence-corrected chi connectivity index (χ2v) is 3.89. The minimum atomic E-state index is -0.0451. The normalized spacial score (nSPS) is 10.3. The predicted molar refractivity (Wildman–Crippen MR) is 69.6 cm³/mol. The van der Waals surface area contributed by atoms with Crippen LogP contribution in [-0.4, -0.2) is 11.7 Å². The van der Waals surface area contributed by atoms with Crippen LogP contribution in [-0.2, 0) is 11.3 Å². The molecule has 0 aromatic heterocycles. The number of thiol groups is 1. The molecule has 1 N–H and O–H groups in total. The summed E-state index contributed by atoms with van der Waals surface area (Å²) in [4.78, 5) is 11.1. The first-order valence-corrected chi connectivity index (χ1v) is 5.78. The van der Waals surface area contributed by atoms with Crippen LogP contribution in [0.1, 0.15) is 5.56 Å². The average molecular weight is 231 g/mol. The Labute approximate surface area is 100 Å². The molecule has 0 atom stereocenters. The van der Waals surface area contributed by atoms with Crippen LogP contribution in [0.5, 0.6) is 0 Å². The zero-order valence-corrected chi connectivity index (χ0v) is 9.71. The van der Waals surface area contributed by atoms with Gasteiger partial charge in [-0.2, -0.15) is 12.6 Å². The van der Waals surface area contributed by atoms with E-state index in [9.17, 15) is 4.79 Å². The van der Waals surface area contributed by atoms with E-state index in [-0.39, 0.29) is 11.7 Å². The third kappa shape index (κ3) is 2.36. The zero-order valence-electron chi connectivity index (χ0n) is 8.81. The van der Waals surface area contributed by atoms with E-state index in [0.29, 0.717) is 6.54 Å². The van der Waals surface area contributed by atoms with Gasteiger partial charge in [0.2, 0.25) is 5.91 Å². The number of nitrogens with one attached hydrogen (secondary N) is 1. The molecule has 2 aromatic carbocycles. The van der Waals surface area contributed by atoms with Gasteiger partial charge in [-0.15, -0.1) is 0 Å². The van der Waals surface area contributed by atoms with E-state index in [1.807, 2.05) is 24.3 Å². The summed E-state index contributed by atoms with van der Waals surface area (Å²) in [6, 6.07) is 14.3. The van der Waals surface area contributed by atoms with Crippen LogP contribution in [0.25, 0.3) is 10.8 Å². The summed E-state index contributed by atoms with van der Waals surface area (Å²) in [5.41, 5.74) is 1.13. The molecular formula is C13H13NOS. The summed E-state index contributed by atoms with van der Waals surface area (Å²) in [7, 11) is 0. The highest BCUT2D eigenvalue weighted by Gasteiger charge is 2.01. The molecule has 0 saturated heterocycles. The van der Waals surface area contributed by atoms with E-state index in [0.717, 1.165) is 5.56 Å². The molecule has 3 heteroatoms. The summed E-state index contributed by atoms with van der Waals surface area (Å²) in [6.45, 7) is 0.556. The van der Waals surface area contributed by atoms with Crippen molar-refractivity contribution in [3.8, 4) is 0 Å². The Morgan fingerprint density at radius 1 is 1.12 bits per heavy atom. The Hall–Kier alpha value is -1.48. The maximum absolute atomic E-state index is 11.1. The fourth-order valence-electron chi connectivity index (χ4n) is 1.70. The molecule has 2 rings (SSSR count). The van der Waals surface area contributed by atoms with Crippen LogP contribution in [0, 0.1) is 0 Å². The molecule has 0 heterocycles. The predicted octanol–water partition coefficient (Wildman–Crippen LogP) is 2.39. The molecule has 0 aliphatic rings. The molecule has 82 valence electrons. The summed E-state index contributed by atoms with van der Waals surface area (Å²) in [6.07, 6.45) is 0. The van der Waals surface area contributed by atoms with Crippen molar-refractivity contribution >= 4 is 29.3 Å². The van der Waals surface area contributed by atoms with Crippen LogP contribution in [0.3, 0.4) is 0 Å². The average Bonchev–Trinajstić information content (AvgIpc) is 2.35. The van der Waals surface area contributed by atoms with Gasteiger partial charge in [0, 0.05) is 6.54 Å². The van der Waals surface area contributed by atoms with Gasteiger partial charge in [0.05, 0.1) is 5.75 Å². The number of fused-ring (bicyclic) bond motifs is 1. The molecular weight excluding hydrogens is 218 g/mol. The van der Waals surface area contributed by atoms with Crippen molar-refractivity contribution in [2.75, 3.05) is 5.75 Å². The van der Waals surface area contributed by atoms with E-state index in [2.05, 4.69) is 36.1 Å². The smallest absolute Gasteiger partial charge is 0.229 e. The Kier molecular flexibility index (Phi) is 3.47. The standard InChI is InChI=1S/C13H13NOS/c15-13(9-16)14-8-11-6-3-5-10-4-1-2-7-12(10)11/h1-7,16H,8-9H2,(H,14,15). The van der Waals surface area contributed by atoms with Gasteiger partial charge in [-0.1, -0.05) is 42.5 Å². The van der Waals surface area contributed by atoms with Gasteiger partial charge >= 0.3 is 0 Å². The molecule has 0 saturated carbocycles. The third-order valence-electron chi connectivity index (χ3n) is 2.50. The Morgan fingerprint density at radius 3 is 2.69 bits per heavy atom. The first-order chi connectivity index (χ1) is 7.81. The minimum absolute atomic E-state index is 0.0451. The fourth-order valence-corrected chi connectivity index (χ4v) is 1.81. The Morgan fingerprint density at radius 2 is 1.88 bits per heavy atom. The number of rotatable bonds is 3. The van der Waals surface area contributed by atoms with Crippen LogP contribution in [0.15, 0.2) is 42.5 Å². The van der Waals surface area contributed by atoms with Gasteiger partial charge in [-0.3, -0.25) is 4.79 Å². The molecule has 1 amide bonds. The fraction of sp³-hybridized carbons (Fsp3) is 0.154. The van der Waals surface area contributed by atoms with E-state index < -0.39 is 0 Å². The molecule has 0 unspecified atom stereocenters. The number of amides is 1. The molecule has 0 radical (unpaired) electrons. The lowest BCUT2D eigenvalue weighted by atomic mass is 10.0. The first-order valence-electron chi connectivity index (χ1n) is 5.15. The van der Waals surface area contributed by atoms with Crippen molar-refractivity contribution in [2.24, 2.45) is 0 Å². The van der Waals surface area contributed by atoms with Crippen molar-refractivity contribution in [1.82, 2.24) is 5.32 Å². The summed E-state index contributed by atoms with van der Waals surface area (Å²) < 4.78 is 0. The lowest BCUT2D eigenvalue weighted by Gasteiger charge is -2.07. The van der Waals surface area contributed by atoms with Crippen LogP contribution in [0.2, 0.25) is 0 Å². The highest BCUT2D eigenvalue weighted by Crippen LogP contribution is 2.18. The second-order valence-electron chi connectivity index (χ2n) is 3.57. The van der Waals surface area contributed by atoms with E-state index in [4.69, 9.17) is 0 Å². The number of hydrogen-bond donors (Lipinski definition) is 2. The molecule has 0 spiro atoms. The van der Waals surface area contributed by atoms with Gasteiger partial charge < -0.3 is 5.32 Å². The maximum Gasteiger partial charge on any atom is 0.229 e. The SMILES string of the molecule is O=C(CS)NCc1cccc2ccccc12. The third-order valence-corrected chi connectivity index (χ3v) is 2.79. The number of carbonyl (C=O) groups excluding carboxylic acids is 1. The van der Waals surface area contributed by atoms with E-state index >= 15 is 0 Å². The zero-order chi connectivity index (χ0) is 11.4. The van der Waals surface area contributed by atoms with Crippen molar-refractivity contribution in [1.29, 1.82) is 0 Å². The summed E-state index contributed by atoms with van der Waals surface area (Å²) in [5, 5.41) is 5.20. The van der Waals surface area contributed by atoms with Crippen LogP contribution in [0.4, 0.5) is 0 Å². The molecule has 0 fully saturated rings. The van der Waals surface area contributed by atoms with Gasteiger partial charge in [0.15, 0.2) is 0 Å². The largest absolute Gasteiger partial charge is 0.351 e. The molecule has 0 bridgehead atoms. The minimum Gasteiger partial charge on any atom is -0.351 e. The first kappa shape index (κ1) is 11.0. The van der Waals surface area contributed by atoms with Crippen molar-refractivity contribution in [2.45, 2.75) is 6.54 Å². The molecule has 2 aromatic rings. The van der Waals surface area contributed by atoms with Crippen molar-refractivity contribution in [3.63, 3.8) is 0 Å². The van der Waals surface area contributed by atoms with E-state index in [1.165, 1.54) is 10.8 Å². The van der Waals surface area contributed by atoms with Gasteiger partial charge in [0.1, 0.15) is 0 Å². The monoisotopic (exact) mass is 231 g/mol. The second kappa shape index (κ2) is 5.03. The van der Waals surface area contributed by atoms with Crippen LogP contribution < -0.4 is 5.32 Å². The quantitative estimate of drug-likeness (QED) is 0.780. The number of carbonyl (C=O) groups is 1. The Balaban J connectivity index is 2.27. The molecule has 0 aliphatic carbocycles. The highest BCUT2D eigenvalue weighted by atomic mass is 32.1.